The number of alkyl halides is 3. The smallest absolute Gasteiger partial charge is 0.404 e. The van der Waals surface area contributed by atoms with Gasteiger partial charge < -0.3 is 9.64 Å². The molecule has 0 bridgehead atoms. The van der Waals surface area contributed by atoms with E-state index in [1.165, 1.54) is 6.08 Å². The summed E-state index contributed by atoms with van der Waals surface area (Å²) in [5, 5.41) is 0. The number of hydrogen-bond donors (Lipinski definition) is 0. The van der Waals surface area contributed by atoms with Crippen LogP contribution in [0, 0.1) is 0 Å². The van der Waals surface area contributed by atoms with E-state index in [0.29, 0.717) is 12.1 Å². The van der Waals surface area contributed by atoms with Gasteiger partial charge in [-0.25, -0.2) is 0 Å². The van der Waals surface area contributed by atoms with Crippen molar-refractivity contribution in [3.05, 3.63) is 23.6 Å². The quantitative estimate of drug-likeness (QED) is 0.690. The second-order valence-electron chi connectivity index (χ2n) is 3.18. The van der Waals surface area contributed by atoms with Crippen LogP contribution >= 0.6 is 0 Å². The fraction of sp³-hybridized carbons (Fsp3) is 0.556. The standard InChI is InChI=1S/C9H12F3NO/c1-13(2)7-5-3-4-6-8(7)14-9(10,11)12/h5-6H,3-4H2,1-2H3. The Bertz CT molecular complexity index is 266. The van der Waals surface area contributed by atoms with Crippen LogP contribution in [0.2, 0.25) is 0 Å². The molecule has 0 saturated carbocycles. The van der Waals surface area contributed by atoms with Crippen molar-refractivity contribution in [2.75, 3.05) is 14.1 Å². The monoisotopic (exact) mass is 207 g/mol. The van der Waals surface area contributed by atoms with E-state index in [9.17, 15) is 13.2 Å². The van der Waals surface area contributed by atoms with Crippen molar-refractivity contribution in [3.8, 4) is 0 Å². The number of allylic oxidation sites excluding steroid dienone is 2. The van der Waals surface area contributed by atoms with Gasteiger partial charge in [0.1, 0.15) is 5.76 Å². The second kappa shape index (κ2) is 3.94. The fourth-order valence-corrected chi connectivity index (χ4v) is 1.26. The van der Waals surface area contributed by atoms with Crippen LogP contribution in [0.5, 0.6) is 0 Å². The molecule has 1 aliphatic carbocycles. The van der Waals surface area contributed by atoms with Crippen molar-refractivity contribution < 1.29 is 17.9 Å². The van der Waals surface area contributed by atoms with E-state index in [0.717, 1.165) is 6.42 Å². The molecular formula is C9H12F3NO. The van der Waals surface area contributed by atoms with Crippen molar-refractivity contribution in [3.63, 3.8) is 0 Å². The number of likely N-dealkylation sites (N-methyl/N-ethyl adjacent to an activating group) is 1. The highest BCUT2D eigenvalue weighted by atomic mass is 19.4. The predicted molar refractivity (Wildman–Crippen MR) is 46.2 cm³/mol. The van der Waals surface area contributed by atoms with E-state index in [1.54, 1.807) is 25.1 Å². The Morgan fingerprint density at radius 1 is 1.21 bits per heavy atom. The molecular weight excluding hydrogens is 195 g/mol. The summed E-state index contributed by atoms with van der Waals surface area (Å²) >= 11 is 0. The zero-order chi connectivity index (χ0) is 10.8. The van der Waals surface area contributed by atoms with Gasteiger partial charge in [-0.1, -0.05) is 6.08 Å². The van der Waals surface area contributed by atoms with Crippen LogP contribution < -0.4 is 0 Å². The molecule has 0 fully saturated rings. The highest BCUT2D eigenvalue weighted by Gasteiger charge is 2.33. The SMILES string of the molecule is CN(C)C1=CCCC=C1OC(F)(F)F. The average Bonchev–Trinajstić information content (AvgIpc) is 2.01. The van der Waals surface area contributed by atoms with Gasteiger partial charge in [-0.3, -0.25) is 0 Å². The van der Waals surface area contributed by atoms with Crippen molar-refractivity contribution >= 4 is 0 Å². The highest BCUT2D eigenvalue weighted by Crippen LogP contribution is 2.28. The summed E-state index contributed by atoms with van der Waals surface area (Å²) < 4.78 is 39.8. The maximum atomic E-state index is 12.0. The topological polar surface area (TPSA) is 12.5 Å². The van der Waals surface area contributed by atoms with E-state index in [1.807, 2.05) is 0 Å². The van der Waals surface area contributed by atoms with Gasteiger partial charge in [-0.15, -0.1) is 13.2 Å². The van der Waals surface area contributed by atoms with Crippen LogP contribution in [-0.4, -0.2) is 25.4 Å². The van der Waals surface area contributed by atoms with Crippen molar-refractivity contribution in [1.82, 2.24) is 4.90 Å². The lowest BCUT2D eigenvalue weighted by molar-refractivity contribution is -0.304. The maximum Gasteiger partial charge on any atom is 0.573 e. The van der Waals surface area contributed by atoms with Gasteiger partial charge in [0, 0.05) is 14.1 Å². The molecule has 0 spiro atoms. The van der Waals surface area contributed by atoms with Crippen LogP contribution in [0.3, 0.4) is 0 Å². The molecule has 14 heavy (non-hydrogen) atoms. The third-order valence-electron chi connectivity index (χ3n) is 1.79. The Morgan fingerprint density at radius 2 is 1.79 bits per heavy atom. The summed E-state index contributed by atoms with van der Waals surface area (Å²) in [5.74, 6) is -0.103. The Hall–Kier alpha value is -1.13. The lowest BCUT2D eigenvalue weighted by Crippen LogP contribution is -2.21. The first-order valence-electron chi connectivity index (χ1n) is 4.24. The molecule has 1 rings (SSSR count). The molecule has 1 aliphatic rings. The number of nitrogens with zero attached hydrogens (tertiary/aromatic N) is 1. The third-order valence-corrected chi connectivity index (χ3v) is 1.79. The minimum atomic E-state index is -4.61. The molecule has 0 radical (unpaired) electrons. The van der Waals surface area contributed by atoms with Crippen molar-refractivity contribution in [2.45, 2.75) is 19.2 Å². The molecule has 0 amide bonds. The average molecular weight is 207 g/mol. The van der Waals surface area contributed by atoms with E-state index < -0.39 is 6.36 Å². The van der Waals surface area contributed by atoms with Gasteiger partial charge in [0.2, 0.25) is 0 Å². The van der Waals surface area contributed by atoms with Crippen LogP contribution in [-0.2, 0) is 4.74 Å². The Labute approximate surface area is 80.6 Å². The van der Waals surface area contributed by atoms with Gasteiger partial charge in [-0.05, 0) is 18.9 Å². The van der Waals surface area contributed by atoms with E-state index in [-0.39, 0.29) is 5.76 Å². The van der Waals surface area contributed by atoms with Gasteiger partial charge in [0.15, 0.2) is 0 Å². The molecule has 2 nitrogen and oxygen atoms in total. The maximum absolute atomic E-state index is 12.0. The first-order valence-corrected chi connectivity index (χ1v) is 4.24. The zero-order valence-corrected chi connectivity index (χ0v) is 8.06. The van der Waals surface area contributed by atoms with Gasteiger partial charge >= 0.3 is 6.36 Å². The molecule has 5 heteroatoms. The van der Waals surface area contributed by atoms with Crippen LogP contribution in [0.15, 0.2) is 23.6 Å². The minimum Gasteiger partial charge on any atom is -0.404 e. The Morgan fingerprint density at radius 3 is 2.29 bits per heavy atom. The van der Waals surface area contributed by atoms with Gasteiger partial charge in [-0.2, -0.15) is 0 Å². The normalized spacial score (nSPS) is 17.2. The van der Waals surface area contributed by atoms with E-state index in [2.05, 4.69) is 4.74 Å². The molecule has 0 heterocycles. The van der Waals surface area contributed by atoms with Crippen molar-refractivity contribution in [1.29, 1.82) is 0 Å². The highest BCUT2D eigenvalue weighted by molar-refractivity contribution is 5.27. The second-order valence-corrected chi connectivity index (χ2v) is 3.18. The fourth-order valence-electron chi connectivity index (χ4n) is 1.26. The van der Waals surface area contributed by atoms with Gasteiger partial charge in [0.05, 0.1) is 5.70 Å². The van der Waals surface area contributed by atoms with Crippen LogP contribution in [0.1, 0.15) is 12.8 Å². The van der Waals surface area contributed by atoms with Crippen molar-refractivity contribution in [2.24, 2.45) is 0 Å². The molecule has 0 saturated heterocycles. The summed E-state index contributed by atoms with van der Waals surface area (Å²) in [4.78, 5) is 1.61. The lowest BCUT2D eigenvalue weighted by atomic mass is 10.1. The molecule has 0 aliphatic heterocycles. The summed E-state index contributed by atoms with van der Waals surface area (Å²) in [6.07, 6.45) is -0.0802. The largest absolute Gasteiger partial charge is 0.573 e. The molecule has 80 valence electrons. The molecule has 0 aromatic carbocycles. The minimum absolute atomic E-state index is 0.103. The molecule has 0 aromatic rings. The number of rotatable bonds is 2. The predicted octanol–water partition coefficient (Wildman–Crippen LogP) is 2.65. The summed E-state index contributed by atoms with van der Waals surface area (Å²) in [7, 11) is 3.37. The molecule has 0 atom stereocenters. The summed E-state index contributed by atoms with van der Waals surface area (Å²) in [6.45, 7) is 0. The molecule has 0 N–H and O–H groups in total. The summed E-state index contributed by atoms with van der Waals surface area (Å²) in [5.41, 5.74) is 0.480. The number of halogens is 3. The first-order chi connectivity index (χ1) is 6.40. The number of hydrogen-bond acceptors (Lipinski definition) is 2. The first kappa shape index (κ1) is 10.9. The zero-order valence-electron chi connectivity index (χ0n) is 8.06. The van der Waals surface area contributed by atoms with Crippen LogP contribution in [0.25, 0.3) is 0 Å². The van der Waals surface area contributed by atoms with E-state index in [4.69, 9.17) is 0 Å². The molecule has 0 unspecified atom stereocenters. The lowest BCUT2D eigenvalue weighted by Gasteiger charge is -2.23. The Balaban J connectivity index is 2.76. The van der Waals surface area contributed by atoms with Gasteiger partial charge in [0.25, 0.3) is 0 Å². The Kier molecular flexibility index (Phi) is 3.08. The number of ether oxygens (including phenoxy) is 1. The third kappa shape index (κ3) is 2.97. The van der Waals surface area contributed by atoms with Crippen LogP contribution in [0.4, 0.5) is 13.2 Å². The van der Waals surface area contributed by atoms with E-state index >= 15 is 0 Å². The summed E-state index contributed by atoms with van der Waals surface area (Å²) in [6, 6.07) is 0. The molecule has 0 aromatic heterocycles.